The molecule has 3 heteroatoms. The van der Waals surface area contributed by atoms with E-state index in [1.54, 1.807) is 0 Å². The fraction of sp³-hybridized carbons (Fsp3) is 0.316. The second kappa shape index (κ2) is 5.84. The normalized spacial score (nSPS) is 11.3. The molecule has 0 unspecified atom stereocenters. The van der Waals surface area contributed by atoms with Gasteiger partial charge in [0.05, 0.1) is 7.05 Å². The van der Waals surface area contributed by atoms with Crippen molar-refractivity contribution in [2.24, 2.45) is 7.05 Å². The quantitative estimate of drug-likeness (QED) is 0.724. The molecule has 0 aliphatic heterocycles. The highest BCUT2D eigenvalue weighted by Crippen LogP contribution is 2.28. The van der Waals surface area contributed by atoms with E-state index < -0.39 is 0 Å². The lowest BCUT2D eigenvalue weighted by molar-refractivity contribution is -0.654. The van der Waals surface area contributed by atoms with E-state index in [0.717, 1.165) is 17.1 Å². The fourth-order valence-electron chi connectivity index (χ4n) is 2.78. The van der Waals surface area contributed by atoms with E-state index in [9.17, 15) is 0 Å². The predicted octanol–water partition coefficient (Wildman–Crippen LogP) is 4.00. The van der Waals surface area contributed by atoms with E-state index >= 15 is 0 Å². The third kappa shape index (κ3) is 2.71. The molecule has 3 aromatic rings. The van der Waals surface area contributed by atoms with Crippen molar-refractivity contribution >= 4 is 11.0 Å². The number of hydrogen-bond acceptors (Lipinski definition) is 1. The minimum Gasteiger partial charge on any atom is -0.481 e. The second-order valence-electron chi connectivity index (χ2n) is 6.13. The van der Waals surface area contributed by atoms with E-state index in [-0.39, 0.29) is 0 Å². The summed E-state index contributed by atoms with van der Waals surface area (Å²) in [5.74, 6) is 2.50. The summed E-state index contributed by atoms with van der Waals surface area (Å²) in [5.41, 5.74) is 4.80. The van der Waals surface area contributed by atoms with Crippen molar-refractivity contribution in [1.82, 2.24) is 4.98 Å². The second-order valence-corrected chi connectivity index (χ2v) is 6.13. The summed E-state index contributed by atoms with van der Waals surface area (Å²) in [6.07, 6.45) is 0. The lowest BCUT2D eigenvalue weighted by Gasteiger charge is -2.13. The topological polar surface area (TPSA) is 28.9 Å². The Morgan fingerprint density at radius 3 is 2.64 bits per heavy atom. The molecule has 0 amide bonds. The SMILES string of the molecule is Cc1ccc(C(C)C)c(OCc2[nH]c3ccccc3[n+]2C)c1. The van der Waals surface area contributed by atoms with Crippen molar-refractivity contribution in [1.29, 1.82) is 0 Å². The maximum atomic E-state index is 6.12. The summed E-state index contributed by atoms with van der Waals surface area (Å²) in [5, 5.41) is 0. The molecule has 0 saturated carbocycles. The summed E-state index contributed by atoms with van der Waals surface area (Å²) in [4.78, 5) is 3.44. The largest absolute Gasteiger partial charge is 0.481 e. The molecular weight excluding hydrogens is 272 g/mol. The average molecular weight is 295 g/mol. The van der Waals surface area contributed by atoms with Crippen LogP contribution in [0, 0.1) is 6.92 Å². The van der Waals surface area contributed by atoms with Gasteiger partial charge in [-0.15, -0.1) is 0 Å². The number of aromatic amines is 1. The Morgan fingerprint density at radius 1 is 1.14 bits per heavy atom. The first-order valence-electron chi connectivity index (χ1n) is 7.75. The van der Waals surface area contributed by atoms with Gasteiger partial charge < -0.3 is 4.74 Å². The van der Waals surface area contributed by atoms with Crippen LogP contribution < -0.4 is 9.30 Å². The zero-order valence-electron chi connectivity index (χ0n) is 13.7. The van der Waals surface area contributed by atoms with Crippen LogP contribution in [0.15, 0.2) is 42.5 Å². The molecule has 3 nitrogen and oxygen atoms in total. The maximum Gasteiger partial charge on any atom is 0.293 e. The highest BCUT2D eigenvalue weighted by Gasteiger charge is 2.16. The van der Waals surface area contributed by atoms with Gasteiger partial charge in [0.1, 0.15) is 5.75 Å². The number of nitrogens with zero attached hydrogens (tertiary/aromatic N) is 1. The van der Waals surface area contributed by atoms with Crippen molar-refractivity contribution < 1.29 is 9.30 Å². The first-order chi connectivity index (χ1) is 10.6. The van der Waals surface area contributed by atoms with Crippen molar-refractivity contribution in [2.45, 2.75) is 33.3 Å². The monoisotopic (exact) mass is 295 g/mol. The van der Waals surface area contributed by atoms with Crippen molar-refractivity contribution in [3.63, 3.8) is 0 Å². The molecule has 2 aromatic carbocycles. The summed E-state index contributed by atoms with van der Waals surface area (Å²) in [6.45, 7) is 7.02. The standard InChI is InChI=1S/C19H22N2O/c1-13(2)15-10-9-14(3)11-18(15)22-12-19-20-16-7-5-6-8-17(16)21(19)4/h5-11,13H,12H2,1-4H3/p+1. The number of para-hydroxylation sites is 2. The van der Waals surface area contributed by atoms with Gasteiger partial charge in [0, 0.05) is 0 Å². The fourth-order valence-corrected chi connectivity index (χ4v) is 2.78. The number of rotatable bonds is 4. The van der Waals surface area contributed by atoms with Gasteiger partial charge in [-0.25, -0.2) is 9.55 Å². The van der Waals surface area contributed by atoms with Crippen molar-refractivity contribution in [2.75, 3.05) is 0 Å². The average Bonchev–Trinajstić information content (AvgIpc) is 2.82. The predicted molar refractivity (Wildman–Crippen MR) is 89.1 cm³/mol. The number of nitrogens with one attached hydrogen (secondary N) is 1. The molecule has 0 bridgehead atoms. The van der Waals surface area contributed by atoms with Gasteiger partial charge in [-0.1, -0.05) is 38.1 Å². The van der Waals surface area contributed by atoms with Gasteiger partial charge in [0.15, 0.2) is 17.6 Å². The van der Waals surface area contributed by atoms with Crippen LogP contribution in [0.4, 0.5) is 0 Å². The highest BCUT2D eigenvalue weighted by atomic mass is 16.5. The van der Waals surface area contributed by atoms with Crippen molar-refractivity contribution in [3.8, 4) is 5.75 Å². The zero-order chi connectivity index (χ0) is 15.7. The van der Waals surface area contributed by atoms with E-state index in [1.807, 2.05) is 6.07 Å². The maximum absolute atomic E-state index is 6.12. The molecule has 1 aromatic heterocycles. The Hall–Kier alpha value is -2.29. The molecule has 0 aliphatic rings. The zero-order valence-corrected chi connectivity index (χ0v) is 13.7. The minimum absolute atomic E-state index is 0.451. The summed E-state index contributed by atoms with van der Waals surface area (Å²) in [6, 6.07) is 14.7. The molecule has 0 aliphatic carbocycles. The number of H-pyrrole nitrogens is 1. The molecule has 22 heavy (non-hydrogen) atoms. The summed E-state index contributed by atoms with van der Waals surface area (Å²) < 4.78 is 8.28. The first kappa shape index (κ1) is 14.6. The number of fused-ring (bicyclic) bond motifs is 1. The number of aromatic nitrogens is 2. The Bertz CT molecular complexity index is 802. The van der Waals surface area contributed by atoms with Gasteiger partial charge in [-0.05, 0) is 42.2 Å². The number of ether oxygens (including phenoxy) is 1. The van der Waals surface area contributed by atoms with Gasteiger partial charge in [-0.2, -0.15) is 0 Å². The molecule has 0 radical (unpaired) electrons. The van der Waals surface area contributed by atoms with Crippen LogP contribution >= 0.6 is 0 Å². The van der Waals surface area contributed by atoms with Crippen LogP contribution in [-0.4, -0.2) is 4.98 Å². The summed E-state index contributed by atoms with van der Waals surface area (Å²) >= 11 is 0. The van der Waals surface area contributed by atoms with Gasteiger partial charge >= 0.3 is 0 Å². The van der Waals surface area contributed by atoms with E-state index in [1.165, 1.54) is 16.6 Å². The van der Waals surface area contributed by atoms with Gasteiger partial charge in [0.25, 0.3) is 5.82 Å². The summed E-state index contributed by atoms with van der Waals surface area (Å²) in [7, 11) is 2.07. The third-order valence-electron chi connectivity index (χ3n) is 4.10. The molecule has 0 spiro atoms. The molecule has 114 valence electrons. The molecular formula is C19H23N2O+. The third-order valence-corrected chi connectivity index (χ3v) is 4.10. The number of hydrogen-bond donors (Lipinski definition) is 1. The molecule has 1 heterocycles. The molecule has 1 N–H and O–H groups in total. The highest BCUT2D eigenvalue weighted by molar-refractivity contribution is 5.70. The Balaban J connectivity index is 1.88. The Morgan fingerprint density at radius 2 is 1.91 bits per heavy atom. The van der Waals surface area contributed by atoms with Crippen LogP contribution in [0.5, 0.6) is 5.75 Å². The molecule has 0 fully saturated rings. The lowest BCUT2D eigenvalue weighted by atomic mass is 10.0. The lowest BCUT2D eigenvalue weighted by Crippen LogP contribution is -2.32. The molecule has 0 saturated heterocycles. The Labute approximate surface area is 131 Å². The molecule has 3 rings (SSSR count). The van der Waals surface area contributed by atoms with Crippen LogP contribution in [-0.2, 0) is 13.7 Å². The minimum atomic E-state index is 0.451. The molecule has 0 atom stereocenters. The van der Waals surface area contributed by atoms with Crippen LogP contribution in [0.3, 0.4) is 0 Å². The van der Waals surface area contributed by atoms with E-state index in [4.69, 9.17) is 4.74 Å². The smallest absolute Gasteiger partial charge is 0.293 e. The number of aryl methyl sites for hydroxylation is 2. The van der Waals surface area contributed by atoms with Crippen LogP contribution in [0.2, 0.25) is 0 Å². The number of imidazole rings is 1. The van der Waals surface area contributed by atoms with Crippen LogP contribution in [0.25, 0.3) is 11.0 Å². The van der Waals surface area contributed by atoms with E-state index in [2.05, 4.69) is 73.8 Å². The van der Waals surface area contributed by atoms with Crippen molar-refractivity contribution in [3.05, 3.63) is 59.4 Å². The van der Waals surface area contributed by atoms with Gasteiger partial charge in [0.2, 0.25) is 0 Å². The first-order valence-corrected chi connectivity index (χ1v) is 7.75. The van der Waals surface area contributed by atoms with Crippen LogP contribution in [0.1, 0.15) is 36.7 Å². The van der Waals surface area contributed by atoms with Gasteiger partial charge in [-0.3, -0.25) is 0 Å². The Kier molecular flexibility index (Phi) is 3.88. The number of benzene rings is 2. The van der Waals surface area contributed by atoms with E-state index in [0.29, 0.717) is 12.5 Å².